The van der Waals surface area contributed by atoms with E-state index in [1.165, 1.54) is 0 Å². The van der Waals surface area contributed by atoms with Crippen molar-refractivity contribution in [3.05, 3.63) is 18.2 Å². The molecule has 1 aliphatic heterocycles. The number of imidazole rings is 1. The molecule has 1 aromatic heterocycles. The quantitative estimate of drug-likeness (QED) is 0.823. The number of likely N-dealkylation sites (N-methyl/N-ethyl adjacent to an activating group) is 1. The molecule has 17 heavy (non-hydrogen) atoms. The Morgan fingerprint density at radius 1 is 1.65 bits per heavy atom. The van der Waals surface area contributed by atoms with Gasteiger partial charge in [-0.15, -0.1) is 0 Å². The van der Waals surface area contributed by atoms with Crippen molar-refractivity contribution in [2.24, 2.45) is 0 Å². The normalized spacial score (nSPS) is 19.9. The van der Waals surface area contributed by atoms with E-state index in [-0.39, 0.29) is 5.91 Å². The highest BCUT2D eigenvalue weighted by molar-refractivity contribution is 5.78. The van der Waals surface area contributed by atoms with Crippen LogP contribution < -0.4 is 5.32 Å². The zero-order chi connectivity index (χ0) is 12.3. The Kier molecular flexibility index (Phi) is 3.78. The van der Waals surface area contributed by atoms with Crippen molar-refractivity contribution in [2.45, 2.75) is 32.4 Å². The first-order valence-electron chi connectivity index (χ1n) is 6.14. The fraction of sp³-hybridized carbons (Fsp3) is 0.667. The summed E-state index contributed by atoms with van der Waals surface area (Å²) < 4.78 is 2.12. The average molecular weight is 236 g/mol. The molecule has 1 aliphatic rings. The molecule has 1 amide bonds. The second-order valence-electron chi connectivity index (χ2n) is 4.54. The van der Waals surface area contributed by atoms with Crippen LogP contribution in [0.3, 0.4) is 0 Å². The summed E-state index contributed by atoms with van der Waals surface area (Å²) in [6.07, 6.45) is 5.99. The molecule has 94 valence electrons. The molecule has 1 atom stereocenters. The van der Waals surface area contributed by atoms with Crippen LogP contribution in [0.1, 0.15) is 18.7 Å². The van der Waals surface area contributed by atoms with Crippen molar-refractivity contribution >= 4 is 5.91 Å². The lowest BCUT2D eigenvalue weighted by Crippen LogP contribution is -2.42. The predicted molar refractivity (Wildman–Crippen MR) is 65.6 cm³/mol. The van der Waals surface area contributed by atoms with Gasteiger partial charge in [0, 0.05) is 31.5 Å². The van der Waals surface area contributed by atoms with Crippen LogP contribution in [0.2, 0.25) is 0 Å². The molecule has 1 saturated heterocycles. The lowest BCUT2D eigenvalue weighted by atomic mass is 10.2. The second kappa shape index (κ2) is 5.31. The molecule has 0 saturated carbocycles. The van der Waals surface area contributed by atoms with Crippen LogP contribution in [0.5, 0.6) is 0 Å². The number of hydrogen-bond donors (Lipinski definition) is 1. The summed E-state index contributed by atoms with van der Waals surface area (Å²) in [6.45, 7) is 4.17. The Morgan fingerprint density at radius 3 is 3.12 bits per heavy atom. The Morgan fingerprint density at radius 2 is 2.47 bits per heavy atom. The third-order valence-electron chi connectivity index (χ3n) is 3.36. The minimum Gasteiger partial charge on any atom is -0.337 e. The lowest BCUT2D eigenvalue weighted by Gasteiger charge is -2.25. The molecular formula is C12H20N4O. The highest BCUT2D eigenvalue weighted by atomic mass is 16.2. The van der Waals surface area contributed by atoms with Crippen LogP contribution in [-0.4, -0.2) is 46.5 Å². The molecule has 0 aromatic carbocycles. The van der Waals surface area contributed by atoms with E-state index in [9.17, 15) is 4.79 Å². The monoisotopic (exact) mass is 236 g/mol. The number of carbonyl (C=O) groups excluding carboxylic acids is 1. The molecule has 5 nitrogen and oxygen atoms in total. The molecule has 1 fully saturated rings. The van der Waals surface area contributed by atoms with Crippen molar-refractivity contribution in [1.29, 1.82) is 0 Å². The number of likely N-dealkylation sites (tertiary alicyclic amines) is 1. The molecule has 0 aliphatic carbocycles. The number of hydrogen-bond acceptors (Lipinski definition) is 3. The third kappa shape index (κ3) is 2.66. The minimum atomic E-state index is 0.202. The summed E-state index contributed by atoms with van der Waals surface area (Å²) in [4.78, 5) is 18.1. The molecule has 0 radical (unpaired) electrons. The van der Waals surface area contributed by atoms with Crippen molar-refractivity contribution < 1.29 is 4.79 Å². The maximum atomic E-state index is 11.9. The minimum absolute atomic E-state index is 0.202. The van der Waals surface area contributed by atoms with Crippen LogP contribution in [0.15, 0.2) is 12.4 Å². The van der Waals surface area contributed by atoms with Crippen LogP contribution >= 0.6 is 0 Å². The summed E-state index contributed by atoms with van der Waals surface area (Å²) in [7, 11) is 1.81. The fourth-order valence-electron chi connectivity index (χ4n) is 2.43. The number of amides is 1. The van der Waals surface area contributed by atoms with E-state index in [1.54, 1.807) is 0 Å². The summed E-state index contributed by atoms with van der Waals surface area (Å²) in [6, 6.07) is 0.323. The van der Waals surface area contributed by atoms with Crippen molar-refractivity contribution in [3.8, 4) is 0 Å². The summed E-state index contributed by atoms with van der Waals surface area (Å²) in [5, 5.41) is 2.92. The number of aryl methyl sites for hydroxylation is 1. The zero-order valence-corrected chi connectivity index (χ0v) is 10.5. The lowest BCUT2D eigenvalue weighted by molar-refractivity contribution is -0.131. The first-order chi connectivity index (χ1) is 8.22. The van der Waals surface area contributed by atoms with Crippen LogP contribution in [0.25, 0.3) is 0 Å². The summed E-state index contributed by atoms with van der Waals surface area (Å²) in [5.41, 5.74) is 0. The molecule has 2 rings (SSSR count). The van der Waals surface area contributed by atoms with Crippen molar-refractivity contribution in [2.75, 3.05) is 20.1 Å². The first kappa shape index (κ1) is 12.1. The van der Waals surface area contributed by atoms with Crippen molar-refractivity contribution in [1.82, 2.24) is 19.8 Å². The van der Waals surface area contributed by atoms with E-state index in [0.29, 0.717) is 12.6 Å². The van der Waals surface area contributed by atoms with Gasteiger partial charge >= 0.3 is 0 Å². The van der Waals surface area contributed by atoms with Gasteiger partial charge in [0.15, 0.2) is 0 Å². The molecular weight excluding hydrogens is 216 g/mol. The van der Waals surface area contributed by atoms with Gasteiger partial charge in [-0.2, -0.15) is 0 Å². The molecule has 2 heterocycles. The van der Waals surface area contributed by atoms with Gasteiger partial charge in [-0.3, -0.25) is 4.79 Å². The Bertz CT molecular complexity index is 388. The van der Waals surface area contributed by atoms with Crippen LogP contribution in [0, 0.1) is 6.92 Å². The van der Waals surface area contributed by atoms with E-state index in [1.807, 2.05) is 31.3 Å². The van der Waals surface area contributed by atoms with E-state index < -0.39 is 0 Å². The number of nitrogens with one attached hydrogen (secondary N) is 1. The molecule has 0 bridgehead atoms. The van der Waals surface area contributed by atoms with Gasteiger partial charge in [-0.1, -0.05) is 0 Å². The van der Waals surface area contributed by atoms with Crippen LogP contribution in [-0.2, 0) is 11.3 Å². The van der Waals surface area contributed by atoms with Gasteiger partial charge in [0.05, 0.1) is 6.54 Å². The summed E-state index contributed by atoms with van der Waals surface area (Å²) >= 11 is 0. The van der Waals surface area contributed by atoms with Gasteiger partial charge in [-0.05, 0) is 26.8 Å². The second-order valence-corrected chi connectivity index (χ2v) is 4.54. The highest BCUT2D eigenvalue weighted by Gasteiger charge is 2.28. The number of nitrogens with zero attached hydrogens (tertiary/aromatic N) is 3. The van der Waals surface area contributed by atoms with Gasteiger partial charge in [0.2, 0.25) is 5.91 Å². The standard InChI is InChI=1S/C12H20N4O/c1-10-14-5-7-15(10)9-11-4-3-6-16(11)12(17)8-13-2/h5,7,11,13H,3-4,6,8-9H2,1-2H3. The fourth-order valence-corrected chi connectivity index (χ4v) is 2.43. The van der Waals surface area contributed by atoms with E-state index >= 15 is 0 Å². The van der Waals surface area contributed by atoms with E-state index in [2.05, 4.69) is 14.9 Å². The number of aromatic nitrogens is 2. The van der Waals surface area contributed by atoms with Gasteiger partial charge in [0.1, 0.15) is 5.82 Å². The third-order valence-corrected chi connectivity index (χ3v) is 3.36. The molecule has 1 aromatic rings. The Labute approximate surface area is 102 Å². The SMILES string of the molecule is CNCC(=O)N1CCCC1Cn1ccnc1C. The maximum absolute atomic E-state index is 11.9. The molecule has 0 spiro atoms. The average Bonchev–Trinajstić information content (AvgIpc) is 2.90. The van der Waals surface area contributed by atoms with E-state index in [4.69, 9.17) is 0 Å². The number of carbonyl (C=O) groups is 1. The molecule has 5 heteroatoms. The smallest absolute Gasteiger partial charge is 0.236 e. The molecule has 1 N–H and O–H groups in total. The highest BCUT2D eigenvalue weighted by Crippen LogP contribution is 2.19. The maximum Gasteiger partial charge on any atom is 0.236 e. The first-order valence-corrected chi connectivity index (χ1v) is 6.14. The van der Waals surface area contributed by atoms with Gasteiger partial charge in [-0.25, -0.2) is 4.98 Å². The van der Waals surface area contributed by atoms with E-state index in [0.717, 1.165) is 31.8 Å². The van der Waals surface area contributed by atoms with Crippen molar-refractivity contribution in [3.63, 3.8) is 0 Å². The Balaban J connectivity index is 2.00. The number of rotatable bonds is 4. The van der Waals surface area contributed by atoms with Gasteiger partial charge in [0.25, 0.3) is 0 Å². The zero-order valence-electron chi connectivity index (χ0n) is 10.5. The molecule has 1 unspecified atom stereocenters. The summed E-state index contributed by atoms with van der Waals surface area (Å²) in [5.74, 6) is 1.21. The predicted octanol–water partition coefficient (Wildman–Crippen LogP) is 0.402. The largest absolute Gasteiger partial charge is 0.337 e. The topological polar surface area (TPSA) is 50.2 Å². The Hall–Kier alpha value is -1.36. The van der Waals surface area contributed by atoms with Gasteiger partial charge < -0.3 is 14.8 Å². The van der Waals surface area contributed by atoms with Crippen LogP contribution in [0.4, 0.5) is 0 Å².